The number of nitrogens with zero attached hydrogens (tertiary/aromatic N) is 2. The molecule has 2 aromatic rings. The molecule has 0 aliphatic carbocycles. The van der Waals surface area contributed by atoms with Crippen molar-refractivity contribution in [3.05, 3.63) is 52.1 Å². The van der Waals surface area contributed by atoms with E-state index in [9.17, 15) is 8.42 Å². The van der Waals surface area contributed by atoms with Crippen LogP contribution in [0.4, 0.5) is 5.82 Å². The summed E-state index contributed by atoms with van der Waals surface area (Å²) >= 11 is 0. The van der Waals surface area contributed by atoms with E-state index in [1.54, 1.807) is 13.1 Å². The predicted octanol–water partition coefficient (Wildman–Crippen LogP) is 2.76. The van der Waals surface area contributed by atoms with Crippen molar-refractivity contribution in [1.82, 2.24) is 9.78 Å². The third-order valence-electron chi connectivity index (χ3n) is 3.28. The fourth-order valence-electron chi connectivity index (χ4n) is 1.92. The number of nitrogens with one attached hydrogen (secondary N) is 1. The van der Waals surface area contributed by atoms with Gasteiger partial charge in [0.2, 0.25) is 0 Å². The van der Waals surface area contributed by atoms with Gasteiger partial charge in [-0.3, -0.25) is 9.40 Å². The molecule has 1 aromatic carbocycles. The maximum atomic E-state index is 12.1. The SMILES string of the molecule is Cc1ccc(/C=C\S(=O)(=O)Nc2c(C)c(C)nn2C)cc1. The third kappa shape index (κ3) is 3.72. The van der Waals surface area contributed by atoms with E-state index < -0.39 is 10.0 Å². The van der Waals surface area contributed by atoms with E-state index in [0.717, 1.165) is 22.4 Å². The molecule has 0 unspecified atom stereocenters. The van der Waals surface area contributed by atoms with Crippen molar-refractivity contribution in [2.45, 2.75) is 20.8 Å². The van der Waals surface area contributed by atoms with Gasteiger partial charge in [0.1, 0.15) is 5.82 Å². The van der Waals surface area contributed by atoms with E-state index in [-0.39, 0.29) is 0 Å². The number of hydrogen-bond acceptors (Lipinski definition) is 3. The largest absolute Gasteiger partial charge is 0.264 e. The van der Waals surface area contributed by atoms with Gasteiger partial charge in [-0.05, 0) is 32.4 Å². The van der Waals surface area contributed by atoms with Crippen LogP contribution in [0.2, 0.25) is 0 Å². The van der Waals surface area contributed by atoms with Gasteiger partial charge in [0, 0.05) is 12.6 Å². The molecule has 0 atom stereocenters. The molecule has 0 saturated heterocycles. The summed E-state index contributed by atoms with van der Waals surface area (Å²) in [5, 5.41) is 5.35. The summed E-state index contributed by atoms with van der Waals surface area (Å²) in [5.74, 6) is 0.487. The second-order valence-corrected chi connectivity index (χ2v) is 6.61. The molecule has 1 aromatic heterocycles. The predicted molar refractivity (Wildman–Crippen MR) is 85.4 cm³/mol. The molecule has 0 saturated carbocycles. The lowest BCUT2D eigenvalue weighted by molar-refractivity contribution is 0.608. The van der Waals surface area contributed by atoms with Crippen LogP contribution in [0.3, 0.4) is 0 Å². The van der Waals surface area contributed by atoms with Gasteiger partial charge in [0.25, 0.3) is 10.0 Å². The summed E-state index contributed by atoms with van der Waals surface area (Å²) in [6.07, 6.45) is 1.57. The highest BCUT2D eigenvalue weighted by molar-refractivity contribution is 7.95. The normalized spacial score (nSPS) is 12.0. The summed E-state index contributed by atoms with van der Waals surface area (Å²) in [4.78, 5) is 0. The number of anilines is 1. The summed E-state index contributed by atoms with van der Waals surface area (Å²) in [6.45, 7) is 5.67. The molecule has 6 heteroatoms. The molecular formula is C15H19N3O2S. The number of aromatic nitrogens is 2. The van der Waals surface area contributed by atoms with E-state index >= 15 is 0 Å². The zero-order chi connectivity index (χ0) is 15.6. The first kappa shape index (κ1) is 15.3. The second-order valence-electron chi connectivity index (χ2n) is 5.04. The molecule has 0 aliphatic heterocycles. The molecule has 0 fully saturated rings. The Morgan fingerprint density at radius 2 is 1.76 bits per heavy atom. The van der Waals surface area contributed by atoms with Gasteiger partial charge < -0.3 is 0 Å². The first-order valence-corrected chi connectivity index (χ1v) is 8.11. The van der Waals surface area contributed by atoms with E-state index in [1.807, 2.05) is 45.0 Å². The van der Waals surface area contributed by atoms with Gasteiger partial charge in [-0.2, -0.15) is 5.10 Å². The average molecular weight is 305 g/mol. The van der Waals surface area contributed by atoms with Crippen molar-refractivity contribution in [3.8, 4) is 0 Å². The number of rotatable bonds is 4. The maximum absolute atomic E-state index is 12.1. The Hall–Kier alpha value is -2.08. The van der Waals surface area contributed by atoms with Gasteiger partial charge in [-0.15, -0.1) is 0 Å². The monoisotopic (exact) mass is 305 g/mol. The van der Waals surface area contributed by atoms with Crippen LogP contribution in [-0.2, 0) is 17.1 Å². The zero-order valence-corrected chi connectivity index (χ0v) is 13.4. The van der Waals surface area contributed by atoms with Crippen molar-refractivity contribution in [1.29, 1.82) is 0 Å². The lowest BCUT2D eigenvalue weighted by Crippen LogP contribution is -2.12. The Balaban J connectivity index is 2.21. The number of benzene rings is 1. The molecule has 0 radical (unpaired) electrons. The topological polar surface area (TPSA) is 64.0 Å². The van der Waals surface area contributed by atoms with Crippen molar-refractivity contribution < 1.29 is 8.42 Å². The number of aryl methyl sites for hydroxylation is 3. The smallest absolute Gasteiger partial charge is 0.256 e. The molecule has 0 aliphatic rings. The minimum Gasteiger partial charge on any atom is -0.264 e. The van der Waals surface area contributed by atoms with Crippen LogP contribution in [-0.4, -0.2) is 18.2 Å². The molecule has 0 bridgehead atoms. The van der Waals surface area contributed by atoms with Crippen LogP contribution in [0.15, 0.2) is 29.7 Å². The van der Waals surface area contributed by atoms with Crippen LogP contribution in [0.25, 0.3) is 6.08 Å². The lowest BCUT2D eigenvalue weighted by atomic mass is 10.2. The Morgan fingerprint density at radius 1 is 1.14 bits per heavy atom. The minimum absolute atomic E-state index is 0.487. The standard InChI is InChI=1S/C15H19N3O2S/c1-11-5-7-14(8-6-11)9-10-21(19,20)17-15-12(2)13(3)16-18(15)4/h5-10,17H,1-4H3/b10-9-. The first-order chi connectivity index (χ1) is 9.78. The summed E-state index contributed by atoms with van der Waals surface area (Å²) in [7, 11) is -1.86. The van der Waals surface area contributed by atoms with E-state index in [2.05, 4.69) is 9.82 Å². The summed E-state index contributed by atoms with van der Waals surface area (Å²) < 4.78 is 28.3. The second kappa shape index (κ2) is 5.73. The summed E-state index contributed by atoms with van der Waals surface area (Å²) in [5.41, 5.74) is 3.60. The quantitative estimate of drug-likeness (QED) is 0.944. The molecule has 2 rings (SSSR count). The van der Waals surface area contributed by atoms with Crippen LogP contribution in [0.5, 0.6) is 0 Å². The van der Waals surface area contributed by atoms with Crippen LogP contribution >= 0.6 is 0 Å². The van der Waals surface area contributed by atoms with Gasteiger partial charge in [0.15, 0.2) is 0 Å². The third-order valence-corrected chi connectivity index (χ3v) is 4.25. The highest BCUT2D eigenvalue weighted by Crippen LogP contribution is 2.19. The Labute approximate surface area is 125 Å². The molecule has 0 amide bonds. The van der Waals surface area contributed by atoms with E-state index in [0.29, 0.717) is 5.82 Å². The Kier molecular flexibility index (Phi) is 4.18. The highest BCUT2D eigenvalue weighted by Gasteiger charge is 2.14. The van der Waals surface area contributed by atoms with Crippen molar-refractivity contribution >= 4 is 21.9 Å². The fourth-order valence-corrected chi connectivity index (χ4v) is 2.88. The van der Waals surface area contributed by atoms with E-state index in [4.69, 9.17) is 0 Å². The van der Waals surface area contributed by atoms with Gasteiger partial charge >= 0.3 is 0 Å². The number of hydrogen-bond donors (Lipinski definition) is 1. The van der Waals surface area contributed by atoms with Gasteiger partial charge in [0.05, 0.1) is 11.1 Å². The Bertz CT molecular complexity index is 772. The summed E-state index contributed by atoms with van der Waals surface area (Å²) in [6, 6.07) is 7.63. The van der Waals surface area contributed by atoms with Gasteiger partial charge in [-0.1, -0.05) is 29.8 Å². The molecule has 0 spiro atoms. The van der Waals surface area contributed by atoms with Gasteiger partial charge in [-0.25, -0.2) is 8.42 Å². The van der Waals surface area contributed by atoms with Crippen molar-refractivity contribution in [3.63, 3.8) is 0 Å². The minimum atomic E-state index is -3.57. The molecule has 112 valence electrons. The molecule has 1 heterocycles. The molecule has 5 nitrogen and oxygen atoms in total. The maximum Gasteiger partial charge on any atom is 0.256 e. The lowest BCUT2D eigenvalue weighted by Gasteiger charge is -2.06. The zero-order valence-electron chi connectivity index (χ0n) is 12.6. The number of sulfonamides is 1. The molecule has 21 heavy (non-hydrogen) atoms. The van der Waals surface area contributed by atoms with Crippen LogP contribution in [0, 0.1) is 20.8 Å². The molecule has 1 N–H and O–H groups in total. The average Bonchev–Trinajstić information content (AvgIpc) is 2.65. The molecular weight excluding hydrogens is 286 g/mol. The van der Waals surface area contributed by atoms with Crippen LogP contribution in [0.1, 0.15) is 22.4 Å². The van der Waals surface area contributed by atoms with E-state index in [1.165, 1.54) is 10.1 Å². The fraction of sp³-hybridized carbons (Fsp3) is 0.267. The van der Waals surface area contributed by atoms with Crippen molar-refractivity contribution in [2.75, 3.05) is 4.72 Å². The Morgan fingerprint density at radius 3 is 2.29 bits per heavy atom. The first-order valence-electron chi connectivity index (χ1n) is 6.56. The van der Waals surface area contributed by atoms with Crippen molar-refractivity contribution in [2.24, 2.45) is 7.05 Å². The van der Waals surface area contributed by atoms with Crippen LogP contribution < -0.4 is 4.72 Å². The highest BCUT2D eigenvalue weighted by atomic mass is 32.2.